The first kappa shape index (κ1) is 20.7. The quantitative estimate of drug-likeness (QED) is 0.442. The van der Waals surface area contributed by atoms with Crippen LogP contribution in [0.4, 0.5) is 11.5 Å². The standard InChI is InChI=1S/C26H28N4O/c1-4-30(5-2)21-11-8-20(9-12-21)24(29-23-17-18(3)14-16-27-23)22-13-10-19-7-6-15-28-25(19)26(22)31/h6-17,24,31H,4-5H2,1-3H3,(H,27,29)/p+1/t24-/m1/s1. The Morgan fingerprint density at radius 1 is 1.03 bits per heavy atom. The van der Waals surface area contributed by atoms with Crippen LogP contribution in [0.5, 0.6) is 5.75 Å². The number of H-pyrrole nitrogens is 1. The summed E-state index contributed by atoms with van der Waals surface area (Å²) in [6.07, 6.45) is 3.63. The summed E-state index contributed by atoms with van der Waals surface area (Å²) in [5.41, 5.74) is 4.81. The molecule has 0 aliphatic rings. The molecular formula is C26H29N4O+. The minimum atomic E-state index is -0.241. The number of pyridine rings is 2. The van der Waals surface area contributed by atoms with Gasteiger partial charge in [0.25, 0.3) is 5.82 Å². The van der Waals surface area contributed by atoms with E-state index >= 15 is 0 Å². The molecule has 1 atom stereocenters. The molecular weight excluding hydrogens is 384 g/mol. The van der Waals surface area contributed by atoms with Crippen molar-refractivity contribution in [3.63, 3.8) is 0 Å². The third-order valence-electron chi connectivity index (χ3n) is 5.70. The molecule has 0 aliphatic heterocycles. The summed E-state index contributed by atoms with van der Waals surface area (Å²) >= 11 is 0. The van der Waals surface area contributed by atoms with E-state index < -0.39 is 0 Å². The van der Waals surface area contributed by atoms with Gasteiger partial charge in [-0.05, 0) is 56.7 Å². The van der Waals surface area contributed by atoms with Crippen molar-refractivity contribution in [2.75, 3.05) is 23.3 Å². The van der Waals surface area contributed by atoms with Crippen molar-refractivity contribution in [3.8, 4) is 5.75 Å². The molecule has 0 aliphatic carbocycles. The zero-order valence-corrected chi connectivity index (χ0v) is 18.3. The Morgan fingerprint density at radius 3 is 2.52 bits per heavy atom. The lowest BCUT2D eigenvalue weighted by atomic mass is 9.96. The molecule has 4 rings (SSSR count). The third kappa shape index (κ3) is 4.31. The number of anilines is 2. The number of nitrogens with one attached hydrogen (secondary N) is 2. The summed E-state index contributed by atoms with van der Waals surface area (Å²) in [5, 5.41) is 15.6. The van der Waals surface area contributed by atoms with Crippen LogP contribution in [-0.2, 0) is 0 Å². The van der Waals surface area contributed by atoms with Crippen LogP contribution in [0, 0.1) is 6.92 Å². The number of rotatable bonds is 7. The molecule has 0 bridgehead atoms. The normalized spacial score (nSPS) is 12.0. The van der Waals surface area contributed by atoms with Gasteiger partial charge >= 0.3 is 0 Å². The van der Waals surface area contributed by atoms with E-state index in [9.17, 15) is 5.11 Å². The molecule has 0 amide bonds. The second-order valence-corrected chi connectivity index (χ2v) is 7.70. The van der Waals surface area contributed by atoms with Gasteiger partial charge < -0.3 is 10.0 Å². The van der Waals surface area contributed by atoms with Crippen molar-refractivity contribution >= 4 is 22.4 Å². The lowest BCUT2D eigenvalue weighted by molar-refractivity contribution is -0.361. The van der Waals surface area contributed by atoms with Crippen molar-refractivity contribution in [1.29, 1.82) is 0 Å². The number of phenolic OH excluding ortho intramolecular Hbond substituents is 1. The van der Waals surface area contributed by atoms with E-state index in [0.29, 0.717) is 5.52 Å². The molecule has 2 aromatic carbocycles. The molecule has 0 radical (unpaired) electrons. The van der Waals surface area contributed by atoms with Crippen molar-refractivity contribution in [1.82, 2.24) is 4.98 Å². The minimum absolute atomic E-state index is 0.205. The molecule has 0 fully saturated rings. The SMILES string of the molecule is CCN(CC)c1ccc([C@@H](Nc2cc(C)cc[nH+]2)c2ccc3cccnc3c2O)cc1. The first-order valence-electron chi connectivity index (χ1n) is 10.8. The Morgan fingerprint density at radius 2 is 1.81 bits per heavy atom. The lowest BCUT2D eigenvalue weighted by Crippen LogP contribution is -2.22. The van der Waals surface area contributed by atoms with E-state index in [4.69, 9.17) is 0 Å². The van der Waals surface area contributed by atoms with E-state index in [1.807, 2.05) is 36.5 Å². The maximum atomic E-state index is 11.1. The number of hydrogen-bond acceptors (Lipinski definition) is 4. The topological polar surface area (TPSA) is 62.5 Å². The molecule has 5 heteroatoms. The summed E-state index contributed by atoms with van der Waals surface area (Å²) in [6, 6.07) is 20.2. The van der Waals surface area contributed by atoms with Crippen LogP contribution < -0.4 is 15.2 Å². The Bertz CT molecular complexity index is 1170. The fourth-order valence-electron chi connectivity index (χ4n) is 4.00. The van der Waals surface area contributed by atoms with E-state index in [0.717, 1.165) is 41.0 Å². The van der Waals surface area contributed by atoms with Gasteiger partial charge in [0.15, 0.2) is 0 Å². The number of hydrogen-bond donors (Lipinski definition) is 2. The number of phenols is 1. The summed E-state index contributed by atoms with van der Waals surface area (Å²) in [5.74, 6) is 1.09. The molecule has 0 saturated heterocycles. The van der Waals surface area contributed by atoms with Crippen LogP contribution in [0.3, 0.4) is 0 Å². The smallest absolute Gasteiger partial charge is 0.273 e. The average molecular weight is 414 g/mol. The average Bonchev–Trinajstić information content (AvgIpc) is 2.80. The second kappa shape index (κ2) is 9.04. The van der Waals surface area contributed by atoms with Gasteiger partial charge in [-0.25, -0.2) is 4.98 Å². The molecule has 158 valence electrons. The predicted octanol–water partition coefficient (Wildman–Crippen LogP) is 5.11. The largest absolute Gasteiger partial charge is 0.505 e. The van der Waals surface area contributed by atoms with Gasteiger partial charge in [-0.15, -0.1) is 0 Å². The molecule has 2 aromatic heterocycles. The fraction of sp³-hybridized carbons (Fsp3) is 0.231. The van der Waals surface area contributed by atoms with Crippen LogP contribution in [0.15, 0.2) is 73.1 Å². The maximum absolute atomic E-state index is 11.1. The zero-order chi connectivity index (χ0) is 21.8. The first-order chi connectivity index (χ1) is 15.1. The summed E-state index contributed by atoms with van der Waals surface area (Å²) in [7, 11) is 0. The highest BCUT2D eigenvalue weighted by molar-refractivity contribution is 5.86. The number of aryl methyl sites for hydroxylation is 1. The van der Waals surface area contributed by atoms with Crippen molar-refractivity contribution in [3.05, 3.63) is 89.7 Å². The summed E-state index contributed by atoms with van der Waals surface area (Å²) in [4.78, 5) is 9.99. The van der Waals surface area contributed by atoms with Crippen LogP contribution >= 0.6 is 0 Å². The van der Waals surface area contributed by atoms with E-state index in [2.05, 4.69) is 71.3 Å². The van der Waals surface area contributed by atoms with Crippen LogP contribution in [0.25, 0.3) is 10.9 Å². The zero-order valence-electron chi connectivity index (χ0n) is 18.3. The van der Waals surface area contributed by atoms with Gasteiger partial charge in [-0.3, -0.25) is 10.3 Å². The monoisotopic (exact) mass is 413 g/mol. The number of fused-ring (bicyclic) bond motifs is 1. The molecule has 4 aromatic rings. The number of aromatic nitrogens is 2. The Kier molecular flexibility index (Phi) is 6.03. The lowest BCUT2D eigenvalue weighted by Gasteiger charge is -2.22. The van der Waals surface area contributed by atoms with Gasteiger partial charge in [0, 0.05) is 47.6 Å². The summed E-state index contributed by atoms with van der Waals surface area (Å²) < 4.78 is 0. The maximum Gasteiger partial charge on any atom is 0.273 e. The molecule has 3 N–H and O–H groups in total. The molecule has 2 heterocycles. The fourth-order valence-corrected chi connectivity index (χ4v) is 4.00. The van der Waals surface area contributed by atoms with Crippen LogP contribution in [0.2, 0.25) is 0 Å². The van der Waals surface area contributed by atoms with Gasteiger partial charge in [0.2, 0.25) is 0 Å². The highest BCUT2D eigenvalue weighted by atomic mass is 16.3. The number of aromatic hydroxyl groups is 1. The van der Waals surface area contributed by atoms with Crippen molar-refractivity contribution in [2.24, 2.45) is 0 Å². The Labute approximate surface area is 183 Å². The van der Waals surface area contributed by atoms with E-state index in [1.54, 1.807) is 6.20 Å². The van der Waals surface area contributed by atoms with Crippen LogP contribution in [0.1, 0.15) is 36.6 Å². The van der Waals surface area contributed by atoms with Gasteiger partial charge in [-0.2, -0.15) is 0 Å². The van der Waals surface area contributed by atoms with Gasteiger partial charge in [0.05, 0.1) is 6.20 Å². The first-order valence-corrected chi connectivity index (χ1v) is 10.8. The van der Waals surface area contributed by atoms with Crippen LogP contribution in [-0.4, -0.2) is 23.2 Å². The second-order valence-electron chi connectivity index (χ2n) is 7.70. The highest BCUT2D eigenvalue weighted by Crippen LogP contribution is 2.36. The number of aromatic amines is 1. The molecule has 0 saturated carbocycles. The van der Waals surface area contributed by atoms with Crippen molar-refractivity contribution in [2.45, 2.75) is 26.8 Å². The Balaban J connectivity index is 1.79. The Hall–Kier alpha value is -3.60. The van der Waals surface area contributed by atoms with Gasteiger partial charge in [-0.1, -0.05) is 24.3 Å². The van der Waals surface area contributed by atoms with Gasteiger partial charge in [0.1, 0.15) is 17.3 Å². The molecule has 5 nitrogen and oxygen atoms in total. The minimum Gasteiger partial charge on any atom is -0.505 e. The van der Waals surface area contributed by atoms with Crippen molar-refractivity contribution < 1.29 is 10.1 Å². The predicted molar refractivity (Wildman–Crippen MR) is 127 cm³/mol. The third-order valence-corrected chi connectivity index (χ3v) is 5.70. The highest BCUT2D eigenvalue weighted by Gasteiger charge is 2.24. The molecule has 0 unspecified atom stereocenters. The van der Waals surface area contributed by atoms with E-state index in [1.165, 1.54) is 5.69 Å². The summed E-state index contributed by atoms with van der Waals surface area (Å²) in [6.45, 7) is 8.31. The number of benzene rings is 2. The molecule has 31 heavy (non-hydrogen) atoms. The molecule has 0 spiro atoms. The number of nitrogens with zero attached hydrogens (tertiary/aromatic N) is 2. The van der Waals surface area contributed by atoms with E-state index in [-0.39, 0.29) is 11.8 Å².